The van der Waals surface area contributed by atoms with Crippen LogP contribution in [0.3, 0.4) is 0 Å². The number of likely N-dealkylation sites (tertiary alicyclic amines) is 1. The lowest BCUT2D eigenvalue weighted by molar-refractivity contribution is 0.0674. The number of nitrogens with zero attached hydrogens (tertiary/aromatic N) is 3. The number of sulfonamides is 1. The lowest BCUT2D eigenvalue weighted by Gasteiger charge is -2.24. The first-order valence-corrected chi connectivity index (χ1v) is 12.1. The van der Waals surface area contributed by atoms with Crippen molar-refractivity contribution in [3.05, 3.63) is 59.0 Å². The minimum Gasteiger partial charge on any atom is -0.334 e. The monoisotopic (exact) mass is 454 g/mol. The zero-order valence-electron chi connectivity index (χ0n) is 18.4. The molecule has 0 spiro atoms. The van der Waals surface area contributed by atoms with E-state index in [-0.39, 0.29) is 22.5 Å². The number of rotatable bonds is 5. The van der Waals surface area contributed by atoms with Crippen LogP contribution in [0.1, 0.15) is 46.6 Å². The summed E-state index contributed by atoms with van der Waals surface area (Å²) < 4.78 is 34.1. The molecule has 1 N–H and O–H groups in total. The van der Waals surface area contributed by atoms with Gasteiger partial charge in [0.25, 0.3) is 10.0 Å². The van der Waals surface area contributed by atoms with Crippen molar-refractivity contribution in [1.29, 1.82) is 0 Å². The van der Waals surface area contributed by atoms with Crippen LogP contribution in [0.4, 0.5) is 5.69 Å². The summed E-state index contributed by atoms with van der Waals surface area (Å²) in [7, 11) is -3.85. The van der Waals surface area contributed by atoms with Crippen LogP contribution in [-0.4, -0.2) is 42.5 Å². The Balaban J connectivity index is 1.61. The maximum Gasteiger partial charge on any atom is 0.316 e. The molecule has 4 rings (SSSR count). The van der Waals surface area contributed by atoms with Crippen LogP contribution >= 0.6 is 0 Å². The van der Waals surface area contributed by atoms with E-state index in [4.69, 9.17) is 4.52 Å². The molecule has 1 aromatic heterocycles. The Hall–Kier alpha value is -3.20. The number of hydrogen-bond acceptors (Lipinski definition) is 6. The van der Waals surface area contributed by atoms with Gasteiger partial charge in [-0.15, -0.1) is 0 Å². The Morgan fingerprint density at radius 3 is 2.47 bits per heavy atom. The summed E-state index contributed by atoms with van der Waals surface area (Å²) in [5, 5.41) is 3.91. The lowest BCUT2D eigenvalue weighted by atomic mass is 10.1. The first kappa shape index (κ1) is 22.0. The topological polar surface area (TPSA) is 105 Å². The van der Waals surface area contributed by atoms with Crippen LogP contribution < -0.4 is 4.72 Å². The number of carbonyl (C=O) groups excluding carboxylic acids is 1. The highest BCUT2D eigenvalue weighted by molar-refractivity contribution is 7.92. The van der Waals surface area contributed by atoms with Crippen molar-refractivity contribution in [2.24, 2.45) is 0 Å². The number of aryl methyl sites for hydroxylation is 3. The molecule has 1 aliphatic rings. The molecule has 1 saturated heterocycles. The van der Waals surface area contributed by atoms with Gasteiger partial charge in [0.05, 0.1) is 10.6 Å². The average Bonchev–Trinajstić information content (AvgIpc) is 3.26. The van der Waals surface area contributed by atoms with Gasteiger partial charge in [-0.3, -0.25) is 9.52 Å². The molecule has 8 nitrogen and oxygen atoms in total. The van der Waals surface area contributed by atoms with E-state index < -0.39 is 10.0 Å². The molecule has 2 aromatic carbocycles. The van der Waals surface area contributed by atoms with E-state index in [9.17, 15) is 13.2 Å². The SMILES string of the molecule is Cc1ccc(NS(=O)(=O)c2cc(-c3noc(C(=O)N4CCCCC4)n3)ccc2C)c(C)c1. The fraction of sp³-hybridized carbons (Fsp3) is 0.348. The van der Waals surface area contributed by atoms with Crippen LogP contribution in [0, 0.1) is 20.8 Å². The first-order valence-electron chi connectivity index (χ1n) is 10.6. The second-order valence-corrected chi connectivity index (χ2v) is 9.83. The Bertz CT molecular complexity index is 1260. The third-order valence-electron chi connectivity index (χ3n) is 5.61. The van der Waals surface area contributed by atoms with Gasteiger partial charge in [-0.25, -0.2) is 8.42 Å². The smallest absolute Gasteiger partial charge is 0.316 e. The van der Waals surface area contributed by atoms with E-state index >= 15 is 0 Å². The average molecular weight is 455 g/mol. The summed E-state index contributed by atoms with van der Waals surface area (Å²) in [5.41, 5.74) is 3.45. The van der Waals surface area contributed by atoms with Crippen LogP contribution in [0.15, 0.2) is 45.8 Å². The highest BCUT2D eigenvalue weighted by Gasteiger charge is 2.25. The predicted octanol–water partition coefficient (Wildman–Crippen LogP) is 4.09. The van der Waals surface area contributed by atoms with E-state index in [1.54, 1.807) is 30.0 Å². The van der Waals surface area contributed by atoms with E-state index in [2.05, 4.69) is 14.9 Å². The molecule has 1 aliphatic heterocycles. The minimum atomic E-state index is -3.85. The number of benzene rings is 2. The summed E-state index contributed by atoms with van der Waals surface area (Å²) in [4.78, 5) is 18.7. The summed E-state index contributed by atoms with van der Waals surface area (Å²) in [6.07, 6.45) is 3.02. The molecule has 9 heteroatoms. The molecule has 0 saturated carbocycles. The normalized spacial score (nSPS) is 14.4. The van der Waals surface area contributed by atoms with Crippen molar-refractivity contribution >= 4 is 21.6 Å². The van der Waals surface area contributed by atoms with Crippen molar-refractivity contribution in [1.82, 2.24) is 15.0 Å². The highest BCUT2D eigenvalue weighted by atomic mass is 32.2. The summed E-state index contributed by atoms with van der Waals surface area (Å²) >= 11 is 0. The number of hydrogen-bond donors (Lipinski definition) is 1. The van der Waals surface area contributed by atoms with Crippen molar-refractivity contribution in [2.75, 3.05) is 17.8 Å². The third kappa shape index (κ3) is 4.52. The third-order valence-corrected chi connectivity index (χ3v) is 7.12. The van der Waals surface area contributed by atoms with Gasteiger partial charge < -0.3 is 9.42 Å². The summed E-state index contributed by atoms with van der Waals surface area (Å²) in [6, 6.07) is 10.4. The largest absolute Gasteiger partial charge is 0.334 e. The number of aromatic nitrogens is 2. The molecule has 0 unspecified atom stereocenters. The van der Waals surface area contributed by atoms with Crippen molar-refractivity contribution in [3.8, 4) is 11.4 Å². The highest BCUT2D eigenvalue weighted by Crippen LogP contribution is 2.27. The maximum atomic E-state index is 13.1. The van der Waals surface area contributed by atoms with Crippen LogP contribution in [-0.2, 0) is 10.0 Å². The second-order valence-electron chi connectivity index (χ2n) is 8.18. The number of amides is 1. The molecular formula is C23H26N4O4S. The zero-order valence-corrected chi connectivity index (χ0v) is 19.2. The van der Waals surface area contributed by atoms with Crippen LogP contribution in [0.25, 0.3) is 11.4 Å². The molecular weight excluding hydrogens is 428 g/mol. The molecule has 0 bridgehead atoms. The first-order chi connectivity index (χ1) is 15.2. The molecule has 3 aromatic rings. The van der Waals surface area contributed by atoms with Crippen molar-refractivity contribution in [2.45, 2.75) is 44.9 Å². The number of piperidine rings is 1. The minimum absolute atomic E-state index is 0.0831. The van der Waals surface area contributed by atoms with Gasteiger partial charge in [0.15, 0.2) is 0 Å². The molecule has 32 heavy (non-hydrogen) atoms. The Morgan fingerprint density at radius 1 is 1.00 bits per heavy atom. The van der Waals surface area contributed by atoms with E-state index in [1.807, 2.05) is 26.0 Å². The quantitative estimate of drug-likeness (QED) is 0.623. The summed E-state index contributed by atoms with van der Waals surface area (Å²) in [5.74, 6) is -0.200. The number of nitrogens with one attached hydrogen (secondary N) is 1. The molecule has 0 radical (unpaired) electrons. The van der Waals surface area contributed by atoms with Crippen molar-refractivity contribution < 1.29 is 17.7 Å². The fourth-order valence-corrected chi connectivity index (χ4v) is 5.22. The maximum absolute atomic E-state index is 13.1. The lowest BCUT2D eigenvalue weighted by Crippen LogP contribution is -2.35. The standard InChI is InChI=1S/C23H26N4O4S/c1-15-7-10-19(17(3)13-15)26-32(29,30)20-14-18(9-8-16(20)2)21-24-22(31-25-21)23(28)27-11-5-4-6-12-27/h7-10,13-14,26H,4-6,11-12H2,1-3H3. The van der Waals surface area contributed by atoms with Crippen LogP contribution in [0.5, 0.6) is 0 Å². The Kier molecular flexibility index (Phi) is 6.01. The molecule has 1 fully saturated rings. The molecule has 0 atom stereocenters. The van der Waals surface area contributed by atoms with Crippen molar-refractivity contribution in [3.63, 3.8) is 0 Å². The molecule has 0 aliphatic carbocycles. The van der Waals surface area contributed by atoms with Crippen LogP contribution in [0.2, 0.25) is 0 Å². The Morgan fingerprint density at radius 2 is 1.75 bits per heavy atom. The van der Waals surface area contributed by atoms with E-state index in [1.165, 1.54) is 6.07 Å². The predicted molar refractivity (Wildman–Crippen MR) is 121 cm³/mol. The van der Waals surface area contributed by atoms with Gasteiger partial charge in [-0.2, -0.15) is 4.98 Å². The number of anilines is 1. The zero-order chi connectivity index (χ0) is 22.9. The molecule has 2 heterocycles. The number of carbonyl (C=O) groups is 1. The van der Waals surface area contributed by atoms with Gasteiger partial charge >= 0.3 is 11.8 Å². The second kappa shape index (κ2) is 8.74. The summed E-state index contributed by atoms with van der Waals surface area (Å²) in [6.45, 7) is 6.88. The van der Waals surface area contributed by atoms with E-state index in [0.29, 0.717) is 29.9 Å². The van der Waals surface area contributed by atoms with Gasteiger partial charge in [0.2, 0.25) is 5.82 Å². The van der Waals surface area contributed by atoms with Gasteiger partial charge in [0.1, 0.15) is 0 Å². The van der Waals surface area contributed by atoms with Gasteiger partial charge in [-0.1, -0.05) is 35.0 Å². The van der Waals surface area contributed by atoms with E-state index in [0.717, 1.165) is 30.4 Å². The van der Waals surface area contributed by atoms with Gasteiger partial charge in [-0.05, 0) is 63.3 Å². The fourth-order valence-electron chi connectivity index (χ4n) is 3.82. The Labute approximate surface area is 187 Å². The molecule has 1 amide bonds. The molecule has 168 valence electrons. The van der Waals surface area contributed by atoms with Gasteiger partial charge in [0, 0.05) is 18.7 Å².